The highest BCUT2D eigenvalue weighted by Gasteiger charge is 2.36. The number of carbonyl (C=O) groups is 2. The highest BCUT2D eigenvalue weighted by atomic mass is 16.5. The quantitative estimate of drug-likeness (QED) is 0.624. The number of hydrogen-bond donors (Lipinski definition) is 0. The highest BCUT2D eigenvalue weighted by Crippen LogP contribution is 2.40. The van der Waals surface area contributed by atoms with Gasteiger partial charge in [-0.25, -0.2) is 0 Å². The van der Waals surface area contributed by atoms with Gasteiger partial charge in [-0.15, -0.1) is 0 Å². The van der Waals surface area contributed by atoms with E-state index in [1.807, 2.05) is 6.07 Å². The molecule has 0 aromatic heterocycles. The van der Waals surface area contributed by atoms with Crippen molar-refractivity contribution in [1.29, 1.82) is 0 Å². The van der Waals surface area contributed by atoms with Crippen LogP contribution >= 0.6 is 0 Å². The van der Waals surface area contributed by atoms with Crippen LogP contribution in [-0.2, 0) is 6.54 Å². The monoisotopic (exact) mass is 383 g/mol. The van der Waals surface area contributed by atoms with E-state index < -0.39 is 0 Å². The Kier molecular flexibility index (Phi) is 5.70. The lowest BCUT2D eigenvalue weighted by atomic mass is 9.82. The molecule has 0 amide bonds. The molecule has 1 aliphatic carbocycles. The Balaban J connectivity index is 2.20. The lowest BCUT2D eigenvalue weighted by molar-refractivity contribution is 0.0973. The average Bonchev–Trinajstić information content (AvgIpc) is 2.73. The van der Waals surface area contributed by atoms with E-state index in [-0.39, 0.29) is 28.3 Å². The van der Waals surface area contributed by atoms with Crippen LogP contribution in [0, 0.1) is 0 Å². The van der Waals surface area contributed by atoms with Gasteiger partial charge in [0.15, 0.2) is 5.78 Å². The summed E-state index contributed by atoms with van der Waals surface area (Å²) in [4.78, 5) is 28.8. The topological polar surface area (TPSA) is 65.1 Å². The third kappa shape index (κ3) is 3.24. The number of hydrogen-bond acceptors (Lipinski definition) is 6. The Morgan fingerprint density at radius 2 is 1.32 bits per heavy atom. The second kappa shape index (κ2) is 8.02. The molecule has 0 radical (unpaired) electrons. The maximum Gasteiger partial charge on any atom is 0.201 e. The van der Waals surface area contributed by atoms with E-state index in [4.69, 9.17) is 14.2 Å². The number of carbonyl (C=O) groups excluding carboxylic acids is 2. The summed E-state index contributed by atoms with van der Waals surface area (Å²) in [6.45, 7) is 6.62. The largest absolute Gasteiger partial charge is 0.497 e. The van der Waals surface area contributed by atoms with E-state index >= 15 is 0 Å². The Morgan fingerprint density at radius 3 is 1.86 bits per heavy atom. The fourth-order valence-electron chi connectivity index (χ4n) is 3.60. The van der Waals surface area contributed by atoms with E-state index in [2.05, 4.69) is 18.7 Å². The Hall–Kier alpha value is -2.86. The van der Waals surface area contributed by atoms with Crippen LogP contribution in [0.5, 0.6) is 17.2 Å². The van der Waals surface area contributed by atoms with Crippen molar-refractivity contribution in [2.75, 3.05) is 34.4 Å². The van der Waals surface area contributed by atoms with Crippen molar-refractivity contribution in [3.05, 3.63) is 52.1 Å². The van der Waals surface area contributed by atoms with Gasteiger partial charge in [-0.3, -0.25) is 14.5 Å². The third-order valence-electron chi connectivity index (χ3n) is 5.16. The molecular weight excluding hydrogens is 358 g/mol. The van der Waals surface area contributed by atoms with E-state index in [1.165, 1.54) is 21.3 Å². The summed E-state index contributed by atoms with van der Waals surface area (Å²) in [6.07, 6.45) is 0. The normalized spacial score (nSPS) is 12.6. The molecule has 0 spiro atoms. The molecule has 6 nitrogen and oxygen atoms in total. The van der Waals surface area contributed by atoms with Crippen LogP contribution in [0.2, 0.25) is 0 Å². The summed E-state index contributed by atoms with van der Waals surface area (Å²) in [5.41, 5.74) is 2.10. The molecular formula is C22H25NO5. The molecule has 28 heavy (non-hydrogen) atoms. The predicted octanol–water partition coefficient (Wildman–Crippen LogP) is 3.33. The smallest absolute Gasteiger partial charge is 0.201 e. The second-order valence-corrected chi connectivity index (χ2v) is 6.59. The molecule has 0 saturated carbocycles. The molecule has 148 valence electrons. The lowest BCUT2D eigenvalue weighted by Gasteiger charge is -2.24. The molecule has 2 aromatic rings. The Bertz CT molecular complexity index is 931. The van der Waals surface area contributed by atoms with Crippen molar-refractivity contribution < 1.29 is 23.8 Å². The lowest BCUT2D eigenvalue weighted by Crippen LogP contribution is -2.25. The van der Waals surface area contributed by atoms with Gasteiger partial charge in [0.25, 0.3) is 0 Å². The zero-order chi connectivity index (χ0) is 20.4. The highest BCUT2D eigenvalue weighted by molar-refractivity contribution is 6.30. The van der Waals surface area contributed by atoms with E-state index in [1.54, 1.807) is 18.2 Å². The molecule has 0 heterocycles. The molecule has 2 aromatic carbocycles. The molecule has 0 fully saturated rings. The van der Waals surface area contributed by atoms with Gasteiger partial charge in [0, 0.05) is 23.7 Å². The van der Waals surface area contributed by atoms with Crippen LogP contribution < -0.4 is 14.2 Å². The molecule has 3 rings (SSSR count). The SMILES string of the molecule is CCN(CC)Cc1cc(OC)c2c(c1)C(=O)c1cc(OC)cc(OC)c1C2=O. The van der Waals surface area contributed by atoms with Crippen molar-refractivity contribution in [1.82, 2.24) is 4.90 Å². The first-order valence-corrected chi connectivity index (χ1v) is 9.27. The average molecular weight is 383 g/mol. The van der Waals surface area contributed by atoms with Crippen molar-refractivity contribution in [3.8, 4) is 17.2 Å². The maximum atomic E-state index is 13.3. The fraction of sp³-hybridized carbons (Fsp3) is 0.364. The summed E-state index contributed by atoms with van der Waals surface area (Å²) in [6, 6.07) is 6.83. The van der Waals surface area contributed by atoms with Crippen LogP contribution in [0.4, 0.5) is 0 Å². The Morgan fingerprint density at radius 1 is 0.750 bits per heavy atom. The minimum Gasteiger partial charge on any atom is -0.497 e. The molecule has 0 N–H and O–H groups in total. The van der Waals surface area contributed by atoms with Gasteiger partial charge in [0.05, 0.1) is 32.5 Å². The van der Waals surface area contributed by atoms with Crippen LogP contribution in [0.3, 0.4) is 0 Å². The minimum absolute atomic E-state index is 0.235. The standard InChI is InChI=1S/C22H25NO5/c1-6-23(7-2)12-13-8-15-19(17(9-13)27-4)22(25)20-16(21(15)24)10-14(26-3)11-18(20)28-5/h8-11H,6-7,12H2,1-5H3. The van der Waals surface area contributed by atoms with Crippen molar-refractivity contribution in [2.45, 2.75) is 20.4 Å². The molecule has 1 aliphatic rings. The minimum atomic E-state index is -0.282. The predicted molar refractivity (Wildman–Crippen MR) is 106 cm³/mol. The molecule has 0 aliphatic heterocycles. The van der Waals surface area contributed by atoms with E-state index in [0.717, 1.165) is 18.7 Å². The number of methoxy groups -OCH3 is 3. The molecule has 0 bridgehead atoms. The number of rotatable bonds is 7. The van der Waals surface area contributed by atoms with Gasteiger partial charge >= 0.3 is 0 Å². The number of ether oxygens (including phenoxy) is 3. The van der Waals surface area contributed by atoms with Crippen LogP contribution in [0.15, 0.2) is 24.3 Å². The first-order valence-electron chi connectivity index (χ1n) is 9.27. The first-order chi connectivity index (χ1) is 13.5. The van der Waals surface area contributed by atoms with Gasteiger partial charge in [-0.2, -0.15) is 0 Å². The number of nitrogens with zero attached hydrogens (tertiary/aromatic N) is 1. The van der Waals surface area contributed by atoms with E-state index in [9.17, 15) is 9.59 Å². The van der Waals surface area contributed by atoms with Crippen molar-refractivity contribution in [2.24, 2.45) is 0 Å². The zero-order valence-corrected chi connectivity index (χ0v) is 16.9. The van der Waals surface area contributed by atoms with Gasteiger partial charge in [0.2, 0.25) is 5.78 Å². The van der Waals surface area contributed by atoms with Gasteiger partial charge in [-0.05, 0) is 36.9 Å². The number of fused-ring (bicyclic) bond motifs is 2. The number of benzene rings is 2. The van der Waals surface area contributed by atoms with E-state index in [0.29, 0.717) is 29.4 Å². The second-order valence-electron chi connectivity index (χ2n) is 6.59. The summed E-state index contributed by atoms with van der Waals surface area (Å²) in [7, 11) is 4.48. The summed E-state index contributed by atoms with van der Waals surface area (Å²) >= 11 is 0. The molecule has 0 atom stereocenters. The number of ketones is 2. The van der Waals surface area contributed by atoms with Gasteiger partial charge in [-0.1, -0.05) is 13.8 Å². The van der Waals surface area contributed by atoms with Gasteiger partial charge in [0.1, 0.15) is 17.2 Å². The summed E-state index contributed by atoms with van der Waals surface area (Å²) in [5.74, 6) is 0.664. The van der Waals surface area contributed by atoms with Crippen molar-refractivity contribution >= 4 is 11.6 Å². The third-order valence-corrected chi connectivity index (χ3v) is 5.16. The summed E-state index contributed by atoms with van der Waals surface area (Å²) < 4.78 is 16.1. The van der Waals surface area contributed by atoms with Crippen LogP contribution in [0.1, 0.15) is 51.3 Å². The Labute approximate surface area is 165 Å². The summed E-state index contributed by atoms with van der Waals surface area (Å²) in [5, 5.41) is 0. The fourth-order valence-corrected chi connectivity index (χ4v) is 3.60. The molecule has 0 unspecified atom stereocenters. The first kappa shape index (κ1) is 19.9. The molecule has 6 heteroatoms. The maximum absolute atomic E-state index is 13.3. The van der Waals surface area contributed by atoms with Gasteiger partial charge < -0.3 is 14.2 Å². The molecule has 0 saturated heterocycles. The zero-order valence-electron chi connectivity index (χ0n) is 16.9. The van der Waals surface area contributed by atoms with Crippen LogP contribution in [-0.4, -0.2) is 50.9 Å². The van der Waals surface area contributed by atoms with Crippen molar-refractivity contribution in [3.63, 3.8) is 0 Å². The van der Waals surface area contributed by atoms with Crippen LogP contribution in [0.25, 0.3) is 0 Å².